The predicted molar refractivity (Wildman–Crippen MR) is 79.0 cm³/mol. The van der Waals surface area contributed by atoms with E-state index in [2.05, 4.69) is 26.6 Å². The van der Waals surface area contributed by atoms with Crippen LogP contribution < -0.4 is 10.6 Å². The number of carbonyl (C=O) groups excluding carboxylic acids is 1. The average Bonchev–Trinajstić information content (AvgIpc) is 2.32. The molecule has 0 fully saturated rings. The van der Waals surface area contributed by atoms with Gasteiger partial charge >= 0.3 is 6.03 Å². The quantitative estimate of drug-likeness (QED) is 0.633. The molecule has 1 aromatic carbocycles. The van der Waals surface area contributed by atoms with Crippen molar-refractivity contribution in [1.29, 1.82) is 0 Å². The molecule has 0 aromatic heterocycles. The fourth-order valence-electron chi connectivity index (χ4n) is 1.63. The minimum Gasteiger partial charge on any atom is -0.383 e. The monoisotopic (exact) mass is 345 g/mol. The molecule has 2 amide bonds. The van der Waals surface area contributed by atoms with Crippen LogP contribution in [0.4, 0.5) is 16.2 Å². The molecule has 7 nitrogen and oxygen atoms in total. The number of anilines is 1. The fraction of sp³-hybridized carbons (Fsp3) is 0.417. The Balaban J connectivity index is 2.84. The van der Waals surface area contributed by atoms with E-state index < -0.39 is 11.0 Å². The molecule has 0 radical (unpaired) electrons. The Hall–Kier alpha value is -1.67. The molecular weight excluding hydrogens is 330 g/mol. The molecule has 0 spiro atoms. The Bertz CT molecular complexity index is 522. The second kappa shape index (κ2) is 7.20. The summed E-state index contributed by atoms with van der Waals surface area (Å²) < 4.78 is 5.48. The Morgan fingerprint density at radius 3 is 2.75 bits per heavy atom. The molecule has 1 aromatic rings. The predicted octanol–water partition coefficient (Wildman–Crippen LogP) is 2.82. The lowest BCUT2D eigenvalue weighted by Crippen LogP contribution is -2.38. The van der Waals surface area contributed by atoms with E-state index in [4.69, 9.17) is 4.74 Å². The first-order chi connectivity index (χ1) is 9.35. The Labute approximate surface area is 125 Å². The number of nitro benzene ring substituents is 1. The molecule has 1 rings (SSSR count). The van der Waals surface area contributed by atoms with E-state index >= 15 is 0 Å². The third-order valence-corrected chi connectivity index (χ3v) is 3.18. The van der Waals surface area contributed by atoms with Crippen LogP contribution in [0.25, 0.3) is 0 Å². The maximum absolute atomic E-state index is 11.7. The number of methoxy groups -OCH3 is 1. The average molecular weight is 346 g/mol. The van der Waals surface area contributed by atoms with E-state index in [1.807, 2.05) is 0 Å². The van der Waals surface area contributed by atoms with Gasteiger partial charge in [-0.2, -0.15) is 0 Å². The van der Waals surface area contributed by atoms with Gasteiger partial charge in [0.25, 0.3) is 5.69 Å². The van der Waals surface area contributed by atoms with Crippen LogP contribution in [0.1, 0.15) is 12.5 Å². The van der Waals surface area contributed by atoms with Crippen LogP contribution in [-0.2, 0) is 4.74 Å². The van der Waals surface area contributed by atoms with Gasteiger partial charge in [0, 0.05) is 23.2 Å². The minimum absolute atomic E-state index is 0.0477. The standard InChI is InChI=1S/C12H16BrN3O4/c1-7-4-9(13)10(5-11(7)16(18)19)15-12(17)14-8(2)6-20-3/h4-5,8H,6H2,1-3H3,(H2,14,15,17)/t8-/m1/s1. The first-order valence-corrected chi connectivity index (χ1v) is 6.65. The van der Waals surface area contributed by atoms with Gasteiger partial charge in [0.05, 0.1) is 23.3 Å². The van der Waals surface area contributed by atoms with E-state index in [9.17, 15) is 14.9 Å². The summed E-state index contributed by atoms with van der Waals surface area (Å²) in [6, 6.07) is 2.29. The van der Waals surface area contributed by atoms with E-state index in [1.165, 1.54) is 13.2 Å². The summed E-state index contributed by atoms with van der Waals surface area (Å²) in [5.74, 6) is 0. The molecule has 0 aliphatic heterocycles. The second-order valence-corrected chi connectivity index (χ2v) is 5.18. The number of rotatable bonds is 5. The van der Waals surface area contributed by atoms with Crippen molar-refractivity contribution in [2.45, 2.75) is 19.9 Å². The van der Waals surface area contributed by atoms with Gasteiger partial charge in [0.15, 0.2) is 0 Å². The summed E-state index contributed by atoms with van der Waals surface area (Å²) in [5.41, 5.74) is 0.804. The van der Waals surface area contributed by atoms with Gasteiger partial charge in [-0.05, 0) is 35.8 Å². The first-order valence-electron chi connectivity index (χ1n) is 5.86. The van der Waals surface area contributed by atoms with E-state index in [0.29, 0.717) is 22.3 Å². The van der Waals surface area contributed by atoms with E-state index in [0.717, 1.165) is 0 Å². The molecule has 0 saturated carbocycles. The van der Waals surface area contributed by atoms with Gasteiger partial charge in [-0.3, -0.25) is 10.1 Å². The van der Waals surface area contributed by atoms with Gasteiger partial charge in [0.2, 0.25) is 0 Å². The minimum atomic E-state index is -0.488. The molecular formula is C12H16BrN3O4. The number of amides is 2. The summed E-state index contributed by atoms with van der Waals surface area (Å²) in [5, 5.41) is 16.1. The number of aryl methyl sites for hydroxylation is 1. The maximum Gasteiger partial charge on any atom is 0.319 e. The third-order valence-electron chi connectivity index (χ3n) is 2.52. The zero-order valence-electron chi connectivity index (χ0n) is 11.4. The van der Waals surface area contributed by atoms with Crippen molar-refractivity contribution in [3.63, 3.8) is 0 Å². The van der Waals surface area contributed by atoms with Crippen molar-refractivity contribution in [3.05, 3.63) is 32.3 Å². The molecule has 0 unspecified atom stereocenters. The number of urea groups is 1. The summed E-state index contributed by atoms with van der Waals surface area (Å²) in [6.45, 7) is 3.80. The van der Waals surface area contributed by atoms with Crippen LogP contribution in [0.5, 0.6) is 0 Å². The lowest BCUT2D eigenvalue weighted by atomic mass is 10.2. The zero-order chi connectivity index (χ0) is 15.3. The van der Waals surface area contributed by atoms with Crippen molar-refractivity contribution in [1.82, 2.24) is 5.32 Å². The Morgan fingerprint density at radius 1 is 1.55 bits per heavy atom. The van der Waals surface area contributed by atoms with Gasteiger partial charge in [-0.1, -0.05) is 0 Å². The lowest BCUT2D eigenvalue weighted by molar-refractivity contribution is -0.385. The molecule has 0 saturated heterocycles. The van der Waals surface area contributed by atoms with Gasteiger partial charge < -0.3 is 15.4 Å². The van der Waals surface area contributed by atoms with Crippen LogP contribution in [0, 0.1) is 17.0 Å². The number of nitrogens with zero attached hydrogens (tertiary/aromatic N) is 1. The highest BCUT2D eigenvalue weighted by molar-refractivity contribution is 9.10. The van der Waals surface area contributed by atoms with Crippen LogP contribution in [0.3, 0.4) is 0 Å². The number of nitrogens with one attached hydrogen (secondary N) is 2. The highest BCUT2D eigenvalue weighted by Crippen LogP contribution is 2.30. The molecule has 1 atom stereocenters. The topological polar surface area (TPSA) is 93.5 Å². The van der Waals surface area contributed by atoms with Crippen LogP contribution in [-0.4, -0.2) is 30.7 Å². The Kier molecular flexibility index (Phi) is 5.90. The lowest BCUT2D eigenvalue weighted by Gasteiger charge is -2.14. The largest absolute Gasteiger partial charge is 0.383 e. The number of ether oxygens (including phenoxy) is 1. The highest BCUT2D eigenvalue weighted by Gasteiger charge is 2.16. The zero-order valence-corrected chi connectivity index (χ0v) is 13.0. The first kappa shape index (κ1) is 16.4. The normalized spacial score (nSPS) is 11.8. The smallest absolute Gasteiger partial charge is 0.319 e. The van der Waals surface area contributed by atoms with E-state index in [1.54, 1.807) is 19.9 Å². The third kappa shape index (κ3) is 4.46. The molecule has 20 heavy (non-hydrogen) atoms. The molecule has 110 valence electrons. The van der Waals surface area contributed by atoms with Gasteiger partial charge in [-0.25, -0.2) is 4.79 Å². The fourth-order valence-corrected chi connectivity index (χ4v) is 2.18. The number of nitro groups is 1. The summed E-state index contributed by atoms with van der Waals surface area (Å²) in [7, 11) is 1.54. The molecule has 0 bridgehead atoms. The summed E-state index contributed by atoms with van der Waals surface area (Å²) in [4.78, 5) is 22.1. The summed E-state index contributed by atoms with van der Waals surface area (Å²) >= 11 is 3.27. The second-order valence-electron chi connectivity index (χ2n) is 4.33. The molecule has 0 heterocycles. The number of carbonyl (C=O) groups is 1. The maximum atomic E-state index is 11.7. The molecule has 0 aliphatic rings. The molecule has 2 N–H and O–H groups in total. The van der Waals surface area contributed by atoms with Crippen molar-refractivity contribution in [3.8, 4) is 0 Å². The van der Waals surface area contributed by atoms with Crippen molar-refractivity contribution < 1.29 is 14.5 Å². The SMILES string of the molecule is COC[C@@H](C)NC(=O)Nc1cc([N+](=O)[O-])c(C)cc1Br. The number of halogens is 1. The molecule has 0 aliphatic carbocycles. The van der Waals surface area contributed by atoms with Crippen molar-refractivity contribution in [2.24, 2.45) is 0 Å². The number of hydrogen-bond acceptors (Lipinski definition) is 4. The summed E-state index contributed by atoms with van der Waals surface area (Å²) in [6.07, 6.45) is 0. The highest BCUT2D eigenvalue weighted by atomic mass is 79.9. The van der Waals surface area contributed by atoms with Crippen LogP contribution in [0.2, 0.25) is 0 Å². The van der Waals surface area contributed by atoms with Crippen molar-refractivity contribution >= 4 is 33.3 Å². The van der Waals surface area contributed by atoms with Crippen molar-refractivity contribution in [2.75, 3.05) is 19.0 Å². The number of hydrogen-bond donors (Lipinski definition) is 2. The van der Waals surface area contributed by atoms with E-state index in [-0.39, 0.29) is 11.7 Å². The van der Waals surface area contributed by atoms with Crippen LogP contribution in [0.15, 0.2) is 16.6 Å². The number of benzene rings is 1. The van der Waals surface area contributed by atoms with Gasteiger partial charge in [-0.15, -0.1) is 0 Å². The van der Waals surface area contributed by atoms with Crippen LogP contribution >= 0.6 is 15.9 Å². The van der Waals surface area contributed by atoms with Gasteiger partial charge in [0.1, 0.15) is 0 Å². The Morgan fingerprint density at radius 2 is 2.20 bits per heavy atom. The molecule has 8 heteroatoms.